The van der Waals surface area contributed by atoms with Gasteiger partial charge in [-0.3, -0.25) is 4.79 Å². The molecule has 1 aromatic rings. The second kappa shape index (κ2) is 6.77. The van der Waals surface area contributed by atoms with Crippen molar-refractivity contribution in [3.05, 3.63) is 34.3 Å². The van der Waals surface area contributed by atoms with Crippen LogP contribution < -0.4 is 5.73 Å². The maximum atomic E-state index is 11.9. The fraction of sp³-hybridized carbons (Fsp3) is 0.462. The van der Waals surface area contributed by atoms with Crippen LogP contribution in [0, 0.1) is 5.92 Å². The molecule has 0 aliphatic heterocycles. The Morgan fingerprint density at radius 1 is 1.41 bits per heavy atom. The molecule has 2 N–H and O–H groups in total. The van der Waals surface area contributed by atoms with E-state index in [1.165, 1.54) is 0 Å². The molecule has 0 heterocycles. The smallest absolute Gasteiger partial charge is 0.226 e. The number of nitrogens with two attached hydrogens (primary N) is 1. The Morgan fingerprint density at radius 2 is 2.00 bits per heavy atom. The summed E-state index contributed by atoms with van der Waals surface area (Å²) < 4.78 is 1.03. The zero-order valence-corrected chi connectivity index (χ0v) is 11.9. The SMILES string of the molecule is CC(CN)CN(C)C(=O)Cc1ccc(Br)cc1. The number of nitrogens with zero attached hydrogens (tertiary/aromatic N) is 1. The van der Waals surface area contributed by atoms with E-state index in [2.05, 4.69) is 15.9 Å². The molecular weight excluding hydrogens is 280 g/mol. The lowest BCUT2D eigenvalue weighted by Crippen LogP contribution is -2.34. The molecule has 0 spiro atoms. The number of benzene rings is 1. The predicted octanol–water partition coefficient (Wildman–Crippen LogP) is 2.04. The van der Waals surface area contributed by atoms with Crippen molar-refractivity contribution < 1.29 is 4.79 Å². The minimum absolute atomic E-state index is 0.132. The third-order valence-electron chi connectivity index (χ3n) is 2.68. The molecule has 1 amide bonds. The summed E-state index contributed by atoms with van der Waals surface area (Å²) in [5, 5.41) is 0. The fourth-order valence-corrected chi connectivity index (χ4v) is 1.82. The van der Waals surface area contributed by atoms with Crippen LogP contribution in [0.3, 0.4) is 0 Å². The molecule has 0 aromatic heterocycles. The van der Waals surface area contributed by atoms with Crippen LogP contribution in [0.1, 0.15) is 12.5 Å². The number of hydrogen-bond donors (Lipinski definition) is 1. The molecule has 0 radical (unpaired) electrons. The van der Waals surface area contributed by atoms with Crippen molar-refractivity contribution >= 4 is 21.8 Å². The van der Waals surface area contributed by atoms with E-state index >= 15 is 0 Å². The zero-order chi connectivity index (χ0) is 12.8. The second-order valence-electron chi connectivity index (χ2n) is 4.42. The summed E-state index contributed by atoms with van der Waals surface area (Å²) in [7, 11) is 1.83. The van der Waals surface area contributed by atoms with Gasteiger partial charge in [0, 0.05) is 18.1 Å². The largest absolute Gasteiger partial charge is 0.345 e. The van der Waals surface area contributed by atoms with E-state index in [1.807, 2.05) is 38.2 Å². The number of hydrogen-bond acceptors (Lipinski definition) is 2. The van der Waals surface area contributed by atoms with Gasteiger partial charge in [0.25, 0.3) is 0 Å². The van der Waals surface area contributed by atoms with Gasteiger partial charge in [0.15, 0.2) is 0 Å². The van der Waals surface area contributed by atoms with Crippen LogP contribution in [-0.4, -0.2) is 30.9 Å². The normalized spacial score (nSPS) is 12.2. The number of halogens is 1. The standard InChI is InChI=1S/C13H19BrN2O/c1-10(8-15)9-16(2)13(17)7-11-3-5-12(14)6-4-11/h3-6,10H,7-9,15H2,1-2H3. The first kappa shape index (κ1) is 14.2. The Balaban J connectivity index is 2.51. The van der Waals surface area contributed by atoms with E-state index in [0.717, 1.165) is 10.0 Å². The Morgan fingerprint density at radius 3 is 2.53 bits per heavy atom. The number of amides is 1. The third kappa shape index (κ3) is 4.88. The van der Waals surface area contributed by atoms with E-state index in [1.54, 1.807) is 4.90 Å². The molecule has 17 heavy (non-hydrogen) atoms. The lowest BCUT2D eigenvalue weighted by atomic mass is 10.1. The highest BCUT2D eigenvalue weighted by atomic mass is 79.9. The molecule has 3 nitrogen and oxygen atoms in total. The van der Waals surface area contributed by atoms with Crippen molar-refractivity contribution in [1.82, 2.24) is 4.90 Å². The Labute approximate surface area is 111 Å². The molecule has 0 aliphatic carbocycles. The molecule has 94 valence electrons. The van der Waals surface area contributed by atoms with Crippen molar-refractivity contribution in [2.45, 2.75) is 13.3 Å². The summed E-state index contributed by atoms with van der Waals surface area (Å²) in [5.41, 5.74) is 6.58. The van der Waals surface area contributed by atoms with Crippen LogP contribution in [0.5, 0.6) is 0 Å². The fourth-order valence-electron chi connectivity index (χ4n) is 1.56. The van der Waals surface area contributed by atoms with Crippen LogP contribution in [0.15, 0.2) is 28.7 Å². The Hall–Kier alpha value is -0.870. The Bertz CT molecular complexity index is 364. The van der Waals surface area contributed by atoms with Gasteiger partial charge in [0.05, 0.1) is 6.42 Å². The van der Waals surface area contributed by atoms with E-state index < -0.39 is 0 Å². The molecule has 0 aliphatic rings. The van der Waals surface area contributed by atoms with Crippen molar-refractivity contribution in [3.63, 3.8) is 0 Å². The van der Waals surface area contributed by atoms with Crippen molar-refractivity contribution in [3.8, 4) is 0 Å². The summed E-state index contributed by atoms with van der Waals surface area (Å²) in [6.07, 6.45) is 0.446. The number of carbonyl (C=O) groups excluding carboxylic acids is 1. The number of carbonyl (C=O) groups is 1. The van der Waals surface area contributed by atoms with Crippen LogP contribution >= 0.6 is 15.9 Å². The molecule has 1 aromatic carbocycles. The number of likely N-dealkylation sites (N-methyl/N-ethyl adjacent to an activating group) is 1. The molecule has 0 bridgehead atoms. The van der Waals surface area contributed by atoms with Crippen molar-refractivity contribution in [2.24, 2.45) is 11.7 Å². The highest BCUT2D eigenvalue weighted by Crippen LogP contribution is 2.11. The van der Waals surface area contributed by atoms with Gasteiger partial charge in [0.1, 0.15) is 0 Å². The van der Waals surface area contributed by atoms with Gasteiger partial charge in [0.2, 0.25) is 5.91 Å². The molecule has 1 unspecified atom stereocenters. The highest BCUT2D eigenvalue weighted by Gasteiger charge is 2.12. The van der Waals surface area contributed by atoms with E-state index in [-0.39, 0.29) is 5.91 Å². The van der Waals surface area contributed by atoms with E-state index in [9.17, 15) is 4.79 Å². The molecule has 0 saturated carbocycles. The lowest BCUT2D eigenvalue weighted by Gasteiger charge is -2.20. The summed E-state index contributed by atoms with van der Waals surface area (Å²) in [6, 6.07) is 7.82. The first-order valence-electron chi connectivity index (χ1n) is 5.71. The van der Waals surface area contributed by atoms with Gasteiger partial charge >= 0.3 is 0 Å². The average Bonchev–Trinajstić information content (AvgIpc) is 2.31. The summed E-state index contributed by atoms with van der Waals surface area (Å²) in [6.45, 7) is 3.37. The molecule has 0 fully saturated rings. The van der Waals surface area contributed by atoms with Gasteiger partial charge in [-0.1, -0.05) is 35.0 Å². The van der Waals surface area contributed by atoms with Crippen molar-refractivity contribution in [1.29, 1.82) is 0 Å². The molecule has 1 atom stereocenters. The average molecular weight is 299 g/mol. The summed E-state index contributed by atoms with van der Waals surface area (Å²) >= 11 is 3.37. The molecular formula is C13H19BrN2O. The van der Waals surface area contributed by atoms with Crippen molar-refractivity contribution in [2.75, 3.05) is 20.1 Å². The topological polar surface area (TPSA) is 46.3 Å². The summed E-state index contributed by atoms with van der Waals surface area (Å²) in [5.74, 6) is 0.474. The zero-order valence-electron chi connectivity index (χ0n) is 10.3. The quantitative estimate of drug-likeness (QED) is 0.904. The van der Waals surface area contributed by atoms with E-state index in [0.29, 0.717) is 25.4 Å². The maximum absolute atomic E-state index is 11.9. The summed E-state index contributed by atoms with van der Waals surface area (Å²) in [4.78, 5) is 13.7. The van der Waals surface area contributed by atoms with Gasteiger partial charge < -0.3 is 10.6 Å². The van der Waals surface area contributed by atoms with E-state index in [4.69, 9.17) is 5.73 Å². The van der Waals surface area contributed by atoms with Crippen LogP contribution in [0.2, 0.25) is 0 Å². The lowest BCUT2D eigenvalue weighted by molar-refractivity contribution is -0.129. The monoisotopic (exact) mass is 298 g/mol. The van der Waals surface area contributed by atoms with Gasteiger partial charge in [-0.2, -0.15) is 0 Å². The predicted molar refractivity (Wildman–Crippen MR) is 73.7 cm³/mol. The molecule has 1 rings (SSSR count). The van der Waals surface area contributed by atoms with Gasteiger partial charge in [-0.05, 0) is 30.2 Å². The van der Waals surface area contributed by atoms with Crippen LogP contribution in [-0.2, 0) is 11.2 Å². The van der Waals surface area contributed by atoms with Crippen LogP contribution in [0.4, 0.5) is 0 Å². The third-order valence-corrected chi connectivity index (χ3v) is 3.21. The first-order chi connectivity index (χ1) is 8.02. The molecule has 4 heteroatoms. The Kier molecular flexibility index (Phi) is 5.65. The first-order valence-corrected chi connectivity index (χ1v) is 6.50. The maximum Gasteiger partial charge on any atom is 0.226 e. The molecule has 0 saturated heterocycles. The number of rotatable bonds is 5. The van der Waals surface area contributed by atoms with Crippen LogP contribution in [0.25, 0.3) is 0 Å². The second-order valence-corrected chi connectivity index (χ2v) is 5.33. The van der Waals surface area contributed by atoms with Gasteiger partial charge in [-0.25, -0.2) is 0 Å². The minimum Gasteiger partial charge on any atom is -0.345 e. The minimum atomic E-state index is 0.132. The van der Waals surface area contributed by atoms with Gasteiger partial charge in [-0.15, -0.1) is 0 Å². The highest BCUT2D eigenvalue weighted by molar-refractivity contribution is 9.10.